The summed E-state index contributed by atoms with van der Waals surface area (Å²) in [6.45, 7) is 4.17. The number of pyridine rings is 1. The summed E-state index contributed by atoms with van der Waals surface area (Å²) in [6, 6.07) is 18.3. The van der Waals surface area contributed by atoms with Crippen LogP contribution in [-0.2, 0) is 0 Å². The number of hydrogen-bond donors (Lipinski definition) is 1. The van der Waals surface area contributed by atoms with Crippen LogP contribution in [0.25, 0.3) is 10.9 Å². The van der Waals surface area contributed by atoms with Gasteiger partial charge in [0, 0.05) is 5.39 Å². The highest BCUT2D eigenvalue weighted by molar-refractivity contribution is 5.83. The van der Waals surface area contributed by atoms with Crippen molar-refractivity contribution in [2.45, 2.75) is 13.8 Å². The first kappa shape index (κ1) is 13.3. The van der Waals surface area contributed by atoms with Gasteiger partial charge in [0.05, 0.1) is 11.7 Å². The minimum atomic E-state index is 0.745. The fourth-order valence-corrected chi connectivity index (χ4v) is 2.27. The van der Waals surface area contributed by atoms with E-state index in [1.54, 1.807) is 0 Å². The fraction of sp³-hybridized carbons (Fsp3) is 0.111. The normalized spacial score (nSPS) is 11.1. The van der Waals surface area contributed by atoms with Crippen LogP contribution in [0.1, 0.15) is 16.7 Å². The van der Waals surface area contributed by atoms with Gasteiger partial charge in [-0.1, -0.05) is 42.0 Å². The average Bonchev–Trinajstić information content (AvgIpc) is 2.49. The summed E-state index contributed by atoms with van der Waals surface area (Å²) in [4.78, 5) is 4.52. The minimum Gasteiger partial charge on any atom is -0.261 e. The van der Waals surface area contributed by atoms with Gasteiger partial charge in [-0.2, -0.15) is 5.10 Å². The summed E-state index contributed by atoms with van der Waals surface area (Å²) in [7, 11) is 0. The van der Waals surface area contributed by atoms with Gasteiger partial charge in [-0.25, -0.2) is 4.98 Å². The summed E-state index contributed by atoms with van der Waals surface area (Å²) in [6.07, 6.45) is 1.83. The zero-order valence-corrected chi connectivity index (χ0v) is 12.2. The maximum atomic E-state index is 4.52. The average molecular weight is 275 g/mol. The first-order valence-electron chi connectivity index (χ1n) is 6.94. The second-order valence-corrected chi connectivity index (χ2v) is 5.12. The van der Waals surface area contributed by atoms with Crippen LogP contribution < -0.4 is 5.43 Å². The molecule has 0 aliphatic heterocycles. The molecule has 3 rings (SSSR count). The highest BCUT2D eigenvalue weighted by atomic mass is 15.3. The van der Waals surface area contributed by atoms with E-state index in [1.165, 1.54) is 11.1 Å². The molecule has 1 N–H and O–H groups in total. The van der Waals surface area contributed by atoms with E-state index in [2.05, 4.69) is 47.6 Å². The summed E-state index contributed by atoms with van der Waals surface area (Å²) in [5.74, 6) is 0.745. The second-order valence-electron chi connectivity index (χ2n) is 5.12. The molecule has 2 aromatic carbocycles. The predicted octanol–water partition coefficient (Wildman–Crippen LogP) is 4.30. The van der Waals surface area contributed by atoms with E-state index in [4.69, 9.17) is 0 Å². The van der Waals surface area contributed by atoms with Crippen LogP contribution in [0.5, 0.6) is 0 Å². The van der Waals surface area contributed by atoms with Crippen molar-refractivity contribution in [3.63, 3.8) is 0 Å². The first-order chi connectivity index (χ1) is 10.2. The van der Waals surface area contributed by atoms with Gasteiger partial charge in [0.1, 0.15) is 5.82 Å². The molecule has 1 aromatic heterocycles. The van der Waals surface area contributed by atoms with E-state index >= 15 is 0 Å². The van der Waals surface area contributed by atoms with Crippen molar-refractivity contribution in [1.82, 2.24) is 4.98 Å². The van der Waals surface area contributed by atoms with Gasteiger partial charge in [-0.15, -0.1) is 0 Å². The number of nitrogens with one attached hydrogen (secondary N) is 1. The van der Waals surface area contributed by atoms with Crippen LogP contribution >= 0.6 is 0 Å². The Morgan fingerprint density at radius 1 is 1.00 bits per heavy atom. The molecule has 0 radical (unpaired) electrons. The predicted molar refractivity (Wildman–Crippen MR) is 88.9 cm³/mol. The third-order valence-electron chi connectivity index (χ3n) is 3.41. The van der Waals surface area contributed by atoms with Crippen molar-refractivity contribution in [2.24, 2.45) is 5.10 Å². The third kappa shape index (κ3) is 3.08. The molecule has 0 aliphatic carbocycles. The Morgan fingerprint density at radius 2 is 1.86 bits per heavy atom. The van der Waals surface area contributed by atoms with E-state index in [-0.39, 0.29) is 0 Å². The van der Waals surface area contributed by atoms with Crippen molar-refractivity contribution in [1.29, 1.82) is 0 Å². The van der Waals surface area contributed by atoms with Crippen LogP contribution in [0.4, 0.5) is 5.82 Å². The molecule has 21 heavy (non-hydrogen) atoms. The van der Waals surface area contributed by atoms with E-state index in [0.717, 1.165) is 22.3 Å². The third-order valence-corrected chi connectivity index (χ3v) is 3.41. The lowest BCUT2D eigenvalue weighted by Gasteiger charge is -2.03. The molecule has 3 nitrogen and oxygen atoms in total. The van der Waals surface area contributed by atoms with Gasteiger partial charge in [-0.05, 0) is 43.2 Å². The van der Waals surface area contributed by atoms with Crippen molar-refractivity contribution in [3.8, 4) is 0 Å². The van der Waals surface area contributed by atoms with Gasteiger partial charge in [0.2, 0.25) is 0 Å². The smallest absolute Gasteiger partial charge is 0.146 e. The molecule has 0 spiro atoms. The van der Waals surface area contributed by atoms with Crippen LogP contribution in [0.15, 0.2) is 59.7 Å². The van der Waals surface area contributed by atoms with Gasteiger partial charge in [0.15, 0.2) is 0 Å². The van der Waals surface area contributed by atoms with Crippen molar-refractivity contribution >= 4 is 22.9 Å². The lowest BCUT2D eigenvalue weighted by atomic mass is 10.1. The molecular formula is C18H17N3. The highest BCUT2D eigenvalue weighted by Crippen LogP contribution is 2.14. The Balaban J connectivity index is 1.77. The molecule has 0 bridgehead atoms. The van der Waals surface area contributed by atoms with Gasteiger partial charge in [-0.3, -0.25) is 5.43 Å². The quantitative estimate of drug-likeness (QED) is 0.571. The number of anilines is 1. The second kappa shape index (κ2) is 5.75. The minimum absolute atomic E-state index is 0.745. The zero-order valence-electron chi connectivity index (χ0n) is 12.2. The summed E-state index contributed by atoms with van der Waals surface area (Å²) in [5.41, 5.74) is 7.53. The topological polar surface area (TPSA) is 37.3 Å². The summed E-state index contributed by atoms with van der Waals surface area (Å²) >= 11 is 0. The molecule has 1 heterocycles. The van der Waals surface area contributed by atoms with Gasteiger partial charge >= 0.3 is 0 Å². The number of hydrazone groups is 1. The van der Waals surface area contributed by atoms with Crippen LogP contribution in [0, 0.1) is 13.8 Å². The maximum absolute atomic E-state index is 4.52. The maximum Gasteiger partial charge on any atom is 0.146 e. The van der Waals surface area contributed by atoms with E-state index in [9.17, 15) is 0 Å². The number of aryl methyl sites for hydroxylation is 2. The summed E-state index contributed by atoms with van der Waals surface area (Å²) < 4.78 is 0. The molecule has 0 amide bonds. The van der Waals surface area contributed by atoms with Crippen LogP contribution in [0.2, 0.25) is 0 Å². The van der Waals surface area contributed by atoms with E-state index in [1.807, 2.05) is 42.6 Å². The standard InChI is InChI=1S/C18H17N3/c1-13-7-8-16(14(2)11-13)12-19-21-18-10-9-15-5-3-4-6-17(15)20-18/h3-12H,1-2H3,(H,20,21)/b19-12+. The van der Waals surface area contributed by atoms with E-state index in [0.29, 0.717) is 0 Å². The number of rotatable bonds is 3. The van der Waals surface area contributed by atoms with Crippen LogP contribution in [0.3, 0.4) is 0 Å². The molecule has 0 atom stereocenters. The highest BCUT2D eigenvalue weighted by Gasteiger charge is 1.97. The Hall–Kier alpha value is -2.68. The lowest BCUT2D eigenvalue weighted by molar-refractivity contribution is 1.26. The van der Waals surface area contributed by atoms with Crippen LogP contribution in [-0.4, -0.2) is 11.2 Å². The number of fused-ring (bicyclic) bond motifs is 1. The fourth-order valence-electron chi connectivity index (χ4n) is 2.27. The van der Waals surface area contributed by atoms with Gasteiger partial charge in [0.25, 0.3) is 0 Å². The molecule has 3 heteroatoms. The molecule has 0 fully saturated rings. The Morgan fingerprint density at radius 3 is 2.71 bits per heavy atom. The summed E-state index contributed by atoms with van der Waals surface area (Å²) in [5, 5.41) is 5.40. The van der Waals surface area contributed by atoms with Crippen molar-refractivity contribution in [3.05, 3.63) is 71.3 Å². The molecule has 0 saturated carbocycles. The Bertz CT molecular complexity index is 806. The largest absolute Gasteiger partial charge is 0.261 e. The zero-order chi connectivity index (χ0) is 14.7. The molecule has 0 aliphatic rings. The van der Waals surface area contributed by atoms with Crippen molar-refractivity contribution < 1.29 is 0 Å². The lowest BCUT2D eigenvalue weighted by Crippen LogP contribution is -1.95. The number of nitrogens with zero attached hydrogens (tertiary/aromatic N) is 2. The Kier molecular flexibility index (Phi) is 3.65. The van der Waals surface area contributed by atoms with Gasteiger partial charge < -0.3 is 0 Å². The molecule has 0 saturated heterocycles. The number of benzene rings is 2. The first-order valence-corrected chi connectivity index (χ1v) is 6.94. The molecular weight excluding hydrogens is 258 g/mol. The number of aromatic nitrogens is 1. The number of para-hydroxylation sites is 1. The molecule has 104 valence electrons. The molecule has 3 aromatic rings. The molecule has 0 unspecified atom stereocenters. The van der Waals surface area contributed by atoms with Crippen molar-refractivity contribution in [2.75, 3.05) is 5.43 Å². The number of hydrogen-bond acceptors (Lipinski definition) is 3. The van der Waals surface area contributed by atoms with E-state index < -0.39 is 0 Å². The Labute approximate surface area is 124 Å². The SMILES string of the molecule is Cc1ccc(/C=N/Nc2ccc3ccccc3n2)c(C)c1. The monoisotopic (exact) mass is 275 g/mol.